The fourth-order valence-corrected chi connectivity index (χ4v) is 3.80. The van der Waals surface area contributed by atoms with Gasteiger partial charge in [0.2, 0.25) is 5.91 Å². The van der Waals surface area contributed by atoms with Crippen LogP contribution in [-0.2, 0) is 11.2 Å². The lowest BCUT2D eigenvalue weighted by atomic mass is 10.00. The van der Waals surface area contributed by atoms with E-state index in [0.717, 1.165) is 24.0 Å². The maximum absolute atomic E-state index is 12.6. The van der Waals surface area contributed by atoms with Crippen LogP contribution in [0.3, 0.4) is 0 Å². The van der Waals surface area contributed by atoms with E-state index in [0.29, 0.717) is 17.8 Å². The Morgan fingerprint density at radius 1 is 1.00 bits per heavy atom. The monoisotopic (exact) mass is 472 g/mol. The molecule has 3 aromatic rings. The van der Waals surface area contributed by atoms with Gasteiger partial charge in [0.1, 0.15) is 0 Å². The summed E-state index contributed by atoms with van der Waals surface area (Å²) in [4.78, 5) is 28.9. The van der Waals surface area contributed by atoms with E-state index in [2.05, 4.69) is 21.7 Å². The van der Waals surface area contributed by atoms with E-state index in [1.165, 1.54) is 5.56 Å². The van der Waals surface area contributed by atoms with Crippen molar-refractivity contribution in [1.29, 1.82) is 0 Å². The highest BCUT2D eigenvalue weighted by Crippen LogP contribution is 2.32. The molecule has 1 aliphatic rings. The van der Waals surface area contributed by atoms with Crippen LogP contribution in [0.15, 0.2) is 73.1 Å². The average molecular weight is 473 g/mol. The first-order valence-corrected chi connectivity index (χ1v) is 10.0. The molecule has 4 rings (SSSR count). The first-order valence-electron chi connectivity index (χ1n) is 10.0. The third-order valence-corrected chi connectivity index (χ3v) is 5.48. The number of nitrogens with two attached hydrogens (primary N) is 1. The molecule has 0 unspecified atom stereocenters. The molecule has 1 aliphatic carbocycles. The molecular formula is C24H26Cl2N4O2. The minimum absolute atomic E-state index is 0. The third-order valence-electron chi connectivity index (χ3n) is 5.48. The van der Waals surface area contributed by atoms with Gasteiger partial charge in [-0.3, -0.25) is 14.6 Å². The van der Waals surface area contributed by atoms with Crippen LogP contribution in [0.1, 0.15) is 45.4 Å². The molecular weight excluding hydrogens is 447 g/mol. The summed E-state index contributed by atoms with van der Waals surface area (Å²) in [5, 5.41) is 5.80. The summed E-state index contributed by atoms with van der Waals surface area (Å²) in [7, 11) is 0. The molecule has 0 saturated heterocycles. The lowest BCUT2D eigenvalue weighted by molar-refractivity contribution is -0.122. The highest BCUT2D eigenvalue weighted by atomic mass is 35.5. The number of aromatic nitrogens is 1. The predicted molar refractivity (Wildman–Crippen MR) is 131 cm³/mol. The number of hydrogen-bond donors (Lipinski definition) is 3. The van der Waals surface area contributed by atoms with Gasteiger partial charge in [-0.2, -0.15) is 0 Å². The zero-order valence-electron chi connectivity index (χ0n) is 17.4. The summed E-state index contributed by atoms with van der Waals surface area (Å²) in [5.41, 5.74) is 10.7. The van der Waals surface area contributed by atoms with Crippen molar-refractivity contribution in [1.82, 2.24) is 10.3 Å². The Morgan fingerprint density at radius 2 is 1.69 bits per heavy atom. The van der Waals surface area contributed by atoms with Crippen LogP contribution in [0.2, 0.25) is 0 Å². The van der Waals surface area contributed by atoms with Gasteiger partial charge in [0.05, 0.1) is 5.92 Å². The minimum atomic E-state index is -0.345. The van der Waals surface area contributed by atoms with Gasteiger partial charge in [-0.05, 0) is 53.8 Å². The van der Waals surface area contributed by atoms with Crippen LogP contribution in [0.25, 0.3) is 0 Å². The lowest BCUT2D eigenvalue weighted by Gasteiger charge is -2.17. The van der Waals surface area contributed by atoms with E-state index >= 15 is 0 Å². The fraction of sp³-hybridized carbons (Fsp3) is 0.208. The molecule has 0 fully saturated rings. The first kappa shape index (κ1) is 25.3. The number of pyridine rings is 1. The lowest BCUT2D eigenvalue weighted by Crippen LogP contribution is -2.34. The second-order valence-electron chi connectivity index (χ2n) is 7.45. The van der Waals surface area contributed by atoms with Crippen LogP contribution in [0.5, 0.6) is 0 Å². The summed E-state index contributed by atoms with van der Waals surface area (Å²) in [5.74, 6) is -0.286. The first-order chi connectivity index (χ1) is 14.6. The smallest absolute Gasteiger partial charge is 0.255 e. The Bertz CT molecular complexity index is 1050. The van der Waals surface area contributed by atoms with E-state index < -0.39 is 0 Å². The molecule has 4 N–H and O–H groups in total. The zero-order chi connectivity index (χ0) is 20.9. The highest BCUT2D eigenvalue weighted by molar-refractivity contribution is 6.04. The van der Waals surface area contributed by atoms with E-state index in [1.54, 1.807) is 36.7 Å². The van der Waals surface area contributed by atoms with Crippen LogP contribution in [0.4, 0.5) is 5.69 Å². The van der Waals surface area contributed by atoms with Crippen molar-refractivity contribution in [2.24, 2.45) is 5.73 Å². The average Bonchev–Trinajstić information content (AvgIpc) is 3.22. The second kappa shape index (κ2) is 11.6. The normalized spacial score (nSPS) is 14.8. The Morgan fingerprint density at radius 3 is 2.41 bits per heavy atom. The number of halogens is 2. The molecule has 1 heterocycles. The van der Waals surface area contributed by atoms with Gasteiger partial charge in [0.25, 0.3) is 5.91 Å². The third kappa shape index (κ3) is 5.85. The van der Waals surface area contributed by atoms with Crippen molar-refractivity contribution in [2.45, 2.75) is 24.8 Å². The molecule has 2 amide bonds. The molecule has 6 nitrogen and oxygen atoms in total. The van der Waals surface area contributed by atoms with Crippen molar-refractivity contribution in [3.05, 3.63) is 95.3 Å². The zero-order valence-corrected chi connectivity index (χ0v) is 19.0. The molecule has 168 valence electrons. The number of aryl methyl sites for hydroxylation is 1. The molecule has 0 spiro atoms. The molecule has 1 aromatic heterocycles. The SMILES string of the molecule is Cl.Cl.N[C@H](CNC(=O)[C@@H]1CCc2ccccc21)c1ccc(C(=O)Nc2ccncc2)cc1. The van der Waals surface area contributed by atoms with E-state index in [4.69, 9.17) is 5.73 Å². The molecule has 8 heteroatoms. The van der Waals surface area contributed by atoms with E-state index in [-0.39, 0.29) is 48.6 Å². The molecule has 0 radical (unpaired) electrons. The number of benzene rings is 2. The largest absolute Gasteiger partial charge is 0.354 e. The number of anilines is 1. The summed E-state index contributed by atoms with van der Waals surface area (Å²) in [6, 6.07) is 18.3. The van der Waals surface area contributed by atoms with Gasteiger partial charge in [-0.1, -0.05) is 36.4 Å². The topological polar surface area (TPSA) is 97.1 Å². The van der Waals surface area contributed by atoms with E-state index in [9.17, 15) is 9.59 Å². The molecule has 0 saturated carbocycles. The Labute approximate surface area is 199 Å². The summed E-state index contributed by atoms with van der Waals surface area (Å²) in [6.07, 6.45) is 5.01. The number of carbonyl (C=O) groups excluding carboxylic acids is 2. The fourth-order valence-electron chi connectivity index (χ4n) is 3.80. The Balaban J connectivity index is 0.00000181. The Hall–Kier alpha value is -2.93. The number of fused-ring (bicyclic) bond motifs is 1. The summed E-state index contributed by atoms with van der Waals surface area (Å²) in [6.45, 7) is 0.347. The highest BCUT2D eigenvalue weighted by Gasteiger charge is 2.28. The number of amides is 2. The number of hydrogen-bond acceptors (Lipinski definition) is 4. The van der Waals surface area contributed by atoms with Gasteiger partial charge in [0.15, 0.2) is 0 Å². The number of rotatable bonds is 6. The predicted octanol–water partition coefficient (Wildman–Crippen LogP) is 4.02. The number of nitrogens with one attached hydrogen (secondary N) is 2. The molecule has 32 heavy (non-hydrogen) atoms. The second-order valence-corrected chi connectivity index (χ2v) is 7.45. The van der Waals surface area contributed by atoms with Crippen LogP contribution < -0.4 is 16.4 Å². The molecule has 0 bridgehead atoms. The van der Waals surface area contributed by atoms with Crippen molar-refractivity contribution in [3.8, 4) is 0 Å². The molecule has 2 aromatic carbocycles. The number of nitrogens with zero attached hydrogens (tertiary/aromatic N) is 1. The van der Waals surface area contributed by atoms with Crippen molar-refractivity contribution in [3.63, 3.8) is 0 Å². The minimum Gasteiger partial charge on any atom is -0.354 e. The van der Waals surface area contributed by atoms with Gasteiger partial charge >= 0.3 is 0 Å². The maximum atomic E-state index is 12.6. The Kier molecular flexibility index (Phi) is 9.20. The van der Waals surface area contributed by atoms with Crippen molar-refractivity contribution in [2.75, 3.05) is 11.9 Å². The standard InChI is InChI=1S/C24H24N4O2.2ClH/c25-22(15-27-24(30)21-10-9-16-3-1-2-4-20(16)21)17-5-7-18(8-6-17)23(29)28-19-11-13-26-14-12-19;;/h1-8,11-14,21-22H,9-10,15,25H2,(H,27,30)(H,26,28,29);2*1H/t21-,22-;;/m1../s1. The van der Waals surface area contributed by atoms with Gasteiger partial charge in [0, 0.05) is 36.2 Å². The number of carbonyl (C=O) groups is 2. The summed E-state index contributed by atoms with van der Waals surface area (Å²) >= 11 is 0. The van der Waals surface area contributed by atoms with Crippen LogP contribution in [0, 0.1) is 0 Å². The van der Waals surface area contributed by atoms with Gasteiger partial charge in [-0.15, -0.1) is 24.8 Å². The van der Waals surface area contributed by atoms with Gasteiger partial charge < -0.3 is 16.4 Å². The summed E-state index contributed by atoms with van der Waals surface area (Å²) < 4.78 is 0. The van der Waals surface area contributed by atoms with Crippen molar-refractivity contribution >= 4 is 42.3 Å². The van der Waals surface area contributed by atoms with Crippen LogP contribution >= 0.6 is 24.8 Å². The maximum Gasteiger partial charge on any atom is 0.255 e. The molecule has 0 aliphatic heterocycles. The van der Waals surface area contributed by atoms with E-state index in [1.807, 2.05) is 30.3 Å². The quantitative estimate of drug-likeness (QED) is 0.504. The van der Waals surface area contributed by atoms with Crippen LogP contribution in [-0.4, -0.2) is 23.3 Å². The van der Waals surface area contributed by atoms with Gasteiger partial charge in [-0.25, -0.2) is 0 Å². The van der Waals surface area contributed by atoms with Crippen molar-refractivity contribution < 1.29 is 9.59 Å². The molecule has 2 atom stereocenters.